The molecular formula is C12H17NO. The van der Waals surface area contributed by atoms with Crippen molar-refractivity contribution in [3.8, 4) is 5.75 Å². The Morgan fingerprint density at radius 1 is 1.43 bits per heavy atom. The quantitative estimate of drug-likeness (QED) is 0.779. The highest BCUT2D eigenvalue weighted by Gasteiger charge is 2.19. The Hall–Kier alpha value is -1.02. The van der Waals surface area contributed by atoms with E-state index in [1.165, 1.54) is 11.1 Å². The zero-order chi connectivity index (χ0) is 10.1. The second-order valence-corrected chi connectivity index (χ2v) is 4.17. The van der Waals surface area contributed by atoms with E-state index in [0.29, 0.717) is 0 Å². The van der Waals surface area contributed by atoms with Gasteiger partial charge in [0.1, 0.15) is 5.75 Å². The van der Waals surface area contributed by atoms with Crippen LogP contribution in [0.4, 0.5) is 0 Å². The Labute approximate surface area is 85.1 Å². The monoisotopic (exact) mass is 191 g/mol. The van der Waals surface area contributed by atoms with Gasteiger partial charge in [0, 0.05) is 6.04 Å². The molecule has 0 aromatic heterocycles. The Balaban J connectivity index is 2.26. The minimum atomic E-state index is 0.209. The molecule has 2 heteroatoms. The molecule has 0 saturated heterocycles. The van der Waals surface area contributed by atoms with E-state index in [-0.39, 0.29) is 12.1 Å². The Bertz CT molecular complexity index is 333. The molecule has 0 fully saturated rings. The number of aryl methyl sites for hydroxylation is 1. The lowest BCUT2D eigenvalue weighted by molar-refractivity contribution is 0.242. The first-order valence-corrected chi connectivity index (χ1v) is 5.22. The second kappa shape index (κ2) is 3.62. The van der Waals surface area contributed by atoms with E-state index in [9.17, 15) is 0 Å². The van der Waals surface area contributed by atoms with Crippen molar-refractivity contribution in [2.75, 3.05) is 0 Å². The minimum absolute atomic E-state index is 0.209. The fourth-order valence-electron chi connectivity index (χ4n) is 1.96. The Kier molecular flexibility index (Phi) is 2.46. The maximum absolute atomic E-state index is 5.99. The van der Waals surface area contributed by atoms with Gasteiger partial charge in [0.05, 0.1) is 6.10 Å². The fourth-order valence-corrected chi connectivity index (χ4v) is 1.96. The molecule has 1 aromatic carbocycles. The first-order chi connectivity index (χ1) is 6.66. The van der Waals surface area contributed by atoms with E-state index >= 15 is 0 Å². The molecule has 0 spiro atoms. The summed E-state index contributed by atoms with van der Waals surface area (Å²) in [4.78, 5) is 0. The molecule has 0 amide bonds. The Morgan fingerprint density at radius 2 is 2.21 bits per heavy atom. The number of rotatable bonds is 2. The highest BCUT2D eigenvalue weighted by molar-refractivity contribution is 5.40. The molecular weight excluding hydrogens is 174 g/mol. The molecule has 2 N–H and O–H groups in total. The van der Waals surface area contributed by atoms with Gasteiger partial charge in [-0.3, -0.25) is 0 Å². The number of hydrogen-bond acceptors (Lipinski definition) is 2. The van der Waals surface area contributed by atoms with E-state index in [2.05, 4.69) is 12.1 Å². The van der Waals surface area contributed by atoms with E-state index in [4.69, 9.17) is 10.5 Å². The molecule has 2 nitrogen and oxygen atoms in total. The van der Waals surface area contributed by atoms with Gasteiger partial charge < -0.3 is 10.5 Å². The van der Waals surface area contributed by atoms with Gasteiger partial charge in [-0.05, 0) is 49.9 Å². The van der Waals surface area contributed by atoms with Crippen LogP contribution in [0.3, 0.4) is 0 Å². The van der Waals surface area contributed by atoms with Crippen molar-refractivity contribution < 1.29 is 4.74 Å². The third-order valence-electron chi connectivity index (χ3n) is 2.61. The molecule has 76 valence electrons. The summed E-state index contributed by atoms with van der Waals surface area (Å²) in [5, 5.41) is 0. The topological polar surface area (TPSA) is 35.2 Å². The zero-order valence-electron chi connectivity index (χ0n) is 8.79. The molecule has 1 aliphatic carbocycles. The van der Waals surface area contributed by atoms with Gasteiger partial charge in [-0.25, -0.2) is 0 Å². The van der Waals surface area contributed by atoms with Crippen molar-refractivity contribution in [3.05, 3.63) is 29.3 Å². The van der Waals surface area contributed by atoms with Crippen LogP contribution in [0.5, 0.6) is 5.75 Å². The lowest BCUT2D eigenvalue weighted by Gasteiger charge is -2.12. The maximum atomic E-state index is 5.99. The number of hydrogen-bond donors (Lipinski definition) is 1. The van der Waals surface area contributed by atoms with Crippen LogP contribution in [0, 0.1) is 0 Å². The van der Waals surface area contributed by atoms with Crippen LogP contribution >= 0.6 is 0 Å². The fraction of sp³-hybridized carbons (Fsp3) is 0.500. The van der Waals surface area contributed by atoms with Gasteiger partial charge in [-0.2, -0.15) is 0 Å². The van der Waals surface area contributed by atoms with Crippen molar-refractivity contribution in [1.82, 2.24) is 0 Å². The summed E-state index contributed by atoms with van der Waals surface area (Å²) in [5.74, 6) is 0.941. The highest BCUT2D eigenvalue weighted by atomic mass is 16.5. The molecule has 0 bridgehead atoms. The molecule has 1 aromatic rings. The standard InChI is InChI=1S/C12H17NO/c1-8(2)14-10-5-3-9-4-6-12(13)11(9)7-10/h3,5,7-8,12H,4,6,13H2,1-2H3/t12-/m1/s1. The smallest absolute Gasteiger partial charge is 0.120 e. The summed E-state index contributed by atoms with van der Waals surface area (Å²) in [6.45, 7) is 4.07. The predicted molar refractivity (Wildman–Crippen MR) is 57.5 cm³/mol. The number of ether oxygens (including phenoxy) is 1. The molecule has 2 rings (SSSR count). The average Bonchev–Trinajstić information content (AvgIpc) is 2.47. The van der Waals surface area contributed by atoms with Crippen molar-refractivity contribution in [2.24, 2.45) is 5.73 Å². The SMILES string of the molecule is CC(C)Oc1ccc2c(c1)[C@H](N)CC2. The summed E-state index contributed by atoms with van der Waals surface area (Å²) in [7, 11) is 0. The van der Waals surface area contributed by atoms with Gasteiger partial charge in [0.2, 0.25) is 0 Å². The largest absolute Gasteiger partial charge is 0.491 e. The van der Waals surface area contributed by atoms with Gasteiger partial charge in [-0.1, -0.05) is 6.07 Å². The van der Waals surface area contributed by atoms with Crippen LogP contribution in [0.25, 0.3) is 0 Å². The number of nitrogens with two attached hydrogens (primary N) is 1. The van der Waals surface area contributed by atoms with E-state index in [0.717, 1.165) is 18.6 Å². The molecule has 1 atom stereocenters. The van der Waals surface area contributed by atoms with Crippen molar-refractivity contribution in [1.29, 1.82) is 0 Å². The molecule has 0 unspecified atom stereocenters. The van der Waals surface area contributed by atoms with Gasteiger partial charge in [-0.15, -0.1) is 0 Å². The summed E-state index contributed by atoms with van der Waals surface area (Å²) in [6, 6.07) is 6.48. The first kappa shape index (κ1) is 9.53. The first-order valence-electron chi connectivity index (χ1n) is 5.22. The summed E-state index contributed by atoms with van der Waals surface area (Å²) >= 11 is 0. The molecule has 0 saturated carbocycles. The zero-order valence-corrected chi connectivity index (χ0v) is 8.79. The molecule has 0 radical (unpaired) electrons. The normalized spacial score (nSPS) is 19.9. The van der Waals surface area contributed by atoms with Crippen molar-refractivity contribution in [2.45, 2.75) is 38.8 Å². The number of fused-ring (bicyclic) bond motifs is 1. The van der Waals surface area contributed by atoms with E-state index in [1.807, 2.05) is 19.9 Å². The van der Waals surface area contributed by atoms with Gasteiger partial charge in [0.15, 0.2) is 0 Å². The third-order valence-corrected chi connectivity index (χ3v) is 2.61. The van der Waals surface area contributed by atoms with Crippen LogP contribution < -0.4 is 10.5 Å². The van der Waals surface area contributed by atoms with Crippen molar-refractivity contribution in [3.63, 3.8) is 0 Å². The second-order valence-electron chi connectivity index (χ2n) is 4.17. The van der Waals surface area contributed by atoms with Crippen LogP contribution in [-0.4, -0.2) is 6.10 Å². The lowest BCUT2D eigenvalue weighted by atomic mass is 10.1. The summed E-state index contributed by atoms with van der Waals surface area (Å²) < 4.78 is 5.63. The molecule has 14 heavy (non-hydrogen) atoms. The van der Waals surface area contributed by atoms with Crippen LogP contribution in [0.2, 0.25) is 0 Å². The molecule has 0 heterocycles. The number of benzene rings is 1. The van der Waals surface area contributed by atoms with Crippen LogP contribution in [-0.2, 0) is 6.42 Å². The average molecular weight is 191 g/mol. The van der Waals surface area contributed by atoms with Crippen LogP contribution in [0.1, 0.15) is 37.4 Å². The van der Waals surface area contributed by atoms with Crippen LogP contribution in [0.15, 0.2) is 18.2 Å². The summed E-state index contributed by atoms with van der Waals surface area (Å²) in [5.41, 5.74) is 8.64. The van der Waals surface area contributed by atoms with E-state index in [1.54, 1.807) is 0 Å². The van der Waals surface area contributed by atoms with E-state index < -0.39 is 0 Å². The predicted octanol–water partition coefficient (Wildman–Crippen LogP) is 2.42. The van der Waals surface area contributed by atoms with Crippen molar-refractivity contribution >= 4 is 0 Å². The van der Waals surface area contributed by atoms with Gasteiger partial charge >= 0.3 is 0 Å². The lowest BCUT2D eigenvalue weighted by Crippen LogP contribution is -2.08. The maximum Gasteiger partial charge on any atom is 0.120 e. The molecule has 0 aliphatic heterocycles. The third kappa shape index (κ3) is 1.75. The molecule has 1 aliphatic rings. The summed E-state index contributed by atoms with van der Waals surface area (Å²) in [6.07, 6.45) is 2.41. The minimum Gasteiger partial charge on any atom is -0.491 e. The van der Waals surface area contributed by atoms with Gasteiger partial charge in [0.25, 0.3) is 0 Å². The Morgan fingerprint density at radius 3 is 2.93 bits per heavy atom. The highest BCUT2D eigenvalue weighted by Crippen LogP contribution is 2.32.